The first kappa shape index (κ1) is 18.5. The molecule has 1 rings (SSSR count). The summed E-state index contributed by atoms with van der Waals surface area (Å²) < 4.78 is 4.76. The molecule has 1 aliphatic rings. The minimum Gasteiger partial charge on any atom is -0.469 e. The SMILES string of the molecule is COC(=O)[C@@H](CNC(=O)CCCNC(=O)C1CC1)CC(C)C. The number of methoxy groups -OCH3 is 1. The standard InChI is InChI=1S/C16H28N2O4/c1-11(2)9-13(16(21)22-3)10-18-14(19)5-4-8-17-15(20)12-6-7-12/h11-13H,4-10H2,1-3H3,(H,17,20)(H,18,19)/t13-/m1/s1. The summed E-state index contributed by atoms with van der Waals surface area (Å²) in [6.07, 6.45) is 3.61. The molecule has 1 fully saturated rings. The summed E-state index contributed by atoms with van der Waals surface area (Å²) in [4.78, 5) is 34.8. The molecular weight excluding hydrogens is 284 g/mol. The Kier molecular flexibility index (Phi) is 7.91. The minimum absolute atomic E-state index is 0.0988. The summed E-state index contributed by atoms with van der Waals surface area (Å²) >= 11 is 0. The molecular formula is C16H28N2O4. The lowest BCUT2D eigenvalue weighted by Crippen LogP contribution is -2.34. The van der Waals surface area contributed by atoms with Gasteiger partial charge in [-0.15, -0.1) is 0 Å². The minimum atomic E-state index is -0.302. The molecule has 1 aliphatic carbocycles. The molecule has 2 N–H and O–H groups in total. The van der Waals surface area contributed by atoms with Crippen molar-refractivity contribution < 1.29 is 19.1 Å². The van der Waals surface area contributed by atoms with E-state index in [0.717, 1.165) is 12.8 Å². The number of rotatable bonds is 10. The van der Waals surface area contributed by atoms with Crippen molar-refractivity contribution in [1.82, 2.24) is 10.6 Å². The molecule has 0 aromatic heterocycles. The molecule has 0 radical (unpaired) electrons. The fourth-order valence-corrected chi connectivity index (χ4v) is 2.27. The molecule has 6 heteroatoms. The highest BCUT2D eigenvalue weighted by Gasteiger charge is 2.29. The third-order valence-corrected chi connectivity index (χ3v) is 3.66. The van der Waals surface area contributed by atoms with Crippen LogP contribution in [0.1, 0.15) is 46.0 Å². The maximum Gasteiger partial charge on any atom is 0.310 e. The average Bonchev–Trinajstić information content (AvgIpc) is 3.31. The van der Waals surface area contributed by atoms with Gasteiger partial charge in [0.25, 0.3) is 0 Å². The maximum atomic E-state index is 11.8. The molecule has 0 heterocycles. The van der Waals surface area contributed by atoms with E-state index >= 15 is 0 Å². The summed E-state index contributed by atoms with van der Waals surface area (Å²) in [5, 5.41) is 5.60. The monoisotopic (exact) mass is 312 g/mol. The van der Waals surface area contributed by atoms with E-state index in [2.05, 4.69) is 10.6 Å². The zero-order chi connectivity index (χ0) is 16.5. The van der Waals surface area contributed by atoms with Gasteiger partial charge in [-0.1, -0.05) is 13.8 Å². The van der Waals surface area contributed by atoms with E-state index in [1.807, 2.05) is 13.8 Å². The lowest BCUT2D eigenvalue weighted by atomic mass is 9.97. The van der Waals surface area contributed by atoms with Gasteiger partial charge in [0.15, 0.2) is 0 Å². The maximum absolute atomic E-state index is 11.8. The predicted octanol–water partition coefficient (Wildman–Crippen LogP) is 1.24. The van der Waals surface area contributed by atoms with Crippen LogP contribution in [0.4, 0.5) is 0 Å². The van der Waals surface area contributed by atoms with Crippen LogP contribution in [0.3, 0.4) is 0 Å². The number of amides is 2. The van der Waals surface area contributed by atoms with Gasteiger partial charge in [-0.3, -0.25) is 14.4 Å². The molecule has 0 bridgehead atoms. The number of carbonyl (C=O) groups is 3. The Morgan fingerprint density at radius 3 is 2.41 bits per heavy atom. The van der Waals surface area contributed by atoms with Gasteiger partial charge in [0.2, 0.25) is 11.8 Å². The van der Waals surface area contributed by atoms with Crippen LogP contribution in [0.25, 0.3) is 0 Å². The molecule has 126 valence electrons. The van der Waals surface area contributed by atoms with Gasteiger partial charge in [0.1, 0.15) is 0 Å². The van der Waals surface area contributed by atoms with E-state index in [9.17, 15) is 14.4 Å². The quantitative estimate of drug-likeness (QED) is 0.469. The highest BCUT2D eigenvalue weighted by atomic mass is 16.5. The van der Waals surface area contributed by atoms with Crippen molar-refractivity contribution in [3.63, 3.8) is 0 Å². The second-order valence-corrected chi connectivity index (χ2v) is 6.32. The van der Waals surface area contributed by atoms with Crippen molar-refractivity contribution in [2.45, 2.75) is 46.0 Å². The Bertz CT molecular complexity index is 392. The van der Waals surface area contributed by atoms with Gasteiger partial charge >= 0.3 is 5.97 Å². The molecule has 0 aromatic rings. The predicted molar refractivity (Wildman–Crippen MR) is 82.9 cm³/mol. The van der Waals surface area contributed by atoms with E-state index in [1.54, 1.807) is 0 Å². The number of ether oxygens (including phenoxy) is 1. The van der Waals surface area contributed by atoms with E-state index in [1.165, 1.54) is 7.11 Å². The van der Waals surface area contributed by atoms with E-state index in [4.69, 9.17) is 4.74 Å². The molecule has 0 aliphatic heterocycles. The molecule has 1 saturated carbocycles. The van der Waals surface area contributed by atoms with Gasteiger partial charge in [-0.25, -0.2) is 0 Å². The van der Waals surface area contributed by atoms with Crippen LogP contribution in [0.15, 0.2) is 0 Å². The van der Waals surface area contributed by atoms with Crippen LogP contribution in [0.2, 0.25) is 0 Å². The number of hydrogen-bond acceptors (Lipinski definition) is 4. The molecule has 6 nitrogen and oxygen atoms in total. The van der Waals surface area contributed by atoms with E-state index in [0.29, 0.717) is 38.3 Å². The van der Waals surface area contributed by atoms with Gasteiger partial charge < -0.3 is 15.4 Å². The lowest BCUT2D eigenvalue weighted by Gasteiger charge is -2.17. The van der Waals surface area contributed by atoms with Gasteiger partial charge in [0.05, 0.1) is 13.0 Å². The number of nitrogens with one attached hydrogen (secondary N) is 2. The van der Waals surface area contributed by atoms with Gasteiger partial charge in [-0.2, -0.15) is 0 Å². The van der Waals surface area contributed by atoms with Crippen molar-refractivity contribution in [1.29, 1.82) is 0 Å². The van der Waals surface area contributed by atoms with Crippen molar-refractivity contribution in [2.75, 3.05) is 20.2 Å². The third-order valence-electron chi connectivity index (χ3n) is 3.66. The summed E-state index contributed by atoms with van der Waals surface area (Å²) in [6, 6.07) is 0. The van der Waals surface area contributed by atoms with Crippen LogP contribution < -0.4 is 10.6 Å². The van der Waals surface area contributed by atoms with Crippen LogP contribution in [-0.2, 0) is 19.1 Å². The highest BCUT2D eigenvalue weighted by molar-refractivity contribution is 5.81. The summed E-state index contributed by atoms with van der Waals surface area (Å²) in [6.45, 7) is 4.88. The molecule has 0 unspecified atom stereocenters. The van der Waals surface area contributed by atoms with Crippen LogP contribution >= 0.6 is 0 Å². The average molecular weight is 312 g/mol. The van der Waals surface area contributed by atoms with Gasteiger partial charge in [-0.05, 0) is 31.6 Å². The second-order valence-electron chi connectivity index (χ2n) is 6.32. The van der Waals surface area contributed by atoms with Crippen molar-refractivity contribution >= 4 is 17.8 Å². The lowest BCUT2D eigenvalue weighted by molar-refractivity contribution is -0.146. The Balaban J connectivity index is 2.16. The molecule has 0 spiro atoms. The normalized spacial score (nSPS) is 15.3. The van der Waals surface area contributed by atoms with E-state index in [-0.39, 0.29) is 29.6 Å². The summed E-state index contributed by atoms with van der Waals surface area (Å²) in [7, 11) is 1.36. The van der Waals surface area contributed by atoms with Crippen LogP contribution in [0, 0.1) is 17.8 Å². The Morgan fingerprint density at radius 2 is 1.86 bits per heavy atom. The van der Waals surface area contributed by atoms with E-state index < -0.39 is 0 Å². The third kappa shape index (κ3) is 7.43. The highest BCUT2D eigenvalue weighted by Crippen LogP contribution is 2.28. The number of hydrogen-bond donors (Lipinski definition) is 2. The number of carbonyl (C=O) groups excluding carboxylic acids is 3. The molecule has 2 amide bonds. The Labute approximate surface area is 132 Å². The smallest absolute Gasteiger partial charge is 0.310 e. The van der Waals surface area contributed by atoms with Crippen molar-refractivity contribution in [3.8, 4) is 0 Å². The first-order chi connectivity index (χ1) is 10.4. The Hall–Kier alpha value is -1.59. The topological polar surface area (TPSA) is 84.5 Å². The van der Waals surface area contributed by atoms with Crippen LogP contribution in [0.5, 0.6) is 0 Å². The fourth-order valence-electron chi connectivity index (χ4n) is 2.27. The fraction of sp³-hybridized carbons (Fsp3) is 0.812. The zero-order valence-corrected chi connectivity index (χ0v) is 13.8. The zero-order valence-electron chi connectivity index (χ0n) is 13.8. The Morgan fingerprint density at radius 1 is 1.18 bits per heavy atom. The first-order valence-electron chi connectivity index (χ1n) is 8.06. The van der Waals surface area contributed by atoms with Crippen LogP contribution in [-0.4, -0.2) is 38.0 Å². The molecule has 0 aromatic carbocycles. The van der Waals surface area contributed by atoms with Gasteiger partial charge in [0, 0.05) is 25.4 Å². The summed E-state index contributed by atoms with van der Waals surface area (Å²) in [5.41, 5.74) is 0. The molecule has 1 atom stereocenters. The molecule has 22 heavy (non-hydrogen) atoms. The van der Waals surface area contributed by atoms with Crippen molar-refractivity contribution in [3.05, 3.63) is 0 Å². The summed E-state index contributed by atoms with van der Waals surface area (Å²) in [5.74, 6) is -0.0278. The number of esters is 1. The molecule has 0 saturated heterocycles. The first-order valence-corrected chi connectivity index (χ1v) is 8.06. The second kappa shape index (κ2) is 9.43. The van der Waals surface area contributed by atoms with Crippen molar-refractivity contribution in [2.24, 2.45) is 17.8 Å². The largest absolute Gasteiger partial charge is 0.469 e.